The summed E-state index contributed by atoms with van der Waals surface area (Å²) in [6, 6.07) is 9.36. The third-order valence-electron chi connectivity index (χ3n) is 3.13. The summed E-state index contributed by atoms with van der Waals surface area (Å²) in [7, 11) is 0. The van der Waals surface area contributed by atoms with E-state index >= 15 is 0 Å². The third-order valence-corrected chi connectivity index (χ3v) is 3.13. The average molecular weight is 246 g/mol. The summed E-state index contributed by atoms with van der Waals surface area (Å²) >= 11 is 0. The highest BCUT2D eigenvalue weighted by Crippen LogP contribution is 2.32. The molecule has 0 aromatic heterocycles. The molecule has 1 saturated carbocycles. The molecule has 0 unspecified atom stereocenters. The van der Waals surface area contributed by atoms with E-state index < -0.39 is 23.9 Å². The topological polar surface area (TPSA) is 74.6 Å². The second-order valence-corrected chi connectivity index (χ2v) is 4.34. The zero-order valence-corrected chi connectivity index (χ0v) is 9.80. The van der Waals surface area contributed by atoms with Crippen LogP contribution in [0.3, 0.4) is 0 Å². The van der Waals surface area contributed by atoms with Crippen LogP contribution >= 0.6 is 0 Å². The molecule has 0 bridgehead atoms. The minimum atomic E-state index is -0.678. The lowest BCUT2D eigenvalue weighted by Gasteiger charge is -2.22. The molecule has 2 rings (SSSR count). The number of aliphatic hydroxyl groups is 2. The van der Waals surface area contributed by atoms with Gasteiger partial charge in [-0.3, -0.25) is 9.59 Å². The van der Waals surface area contributed by atoms with Gasteiger partial charge in [0.05, 0.1) is 0 Å². The molecular weight excluding hydrogens is 232 g/mol. The molecule has 1 fully saturated rings. The Kier molecular flexibility index (Phi) is 3.58. The fourth-order valence-corrected chi connectivity index (χ4v) is 2.24. The number of Topliss-reactive ketones (excluding diaryl/α,β-unsaturated/α-hetero) is 2. The van der Waals surface area contributed by atoms with Crippen LogP contribution in [0.15, 0.2) is 41.7 Å². The number of aliphatic hydroxyl groups excluding tert-OH is 2. The lowest BCUT2D eigenvalue weighted by atomic mass is 9.79. The van der Waals surface area contributed by atoms with E-state index in [-0.39, 0.29) is 24.3 Å². The summed E-state index contributed by atoms with van der Waals surface area (Å²) in [5.74, 6) is -1.45. The first kappa shape index (κ1) is 12.5. The first-order valence-electron chi connectivity index (χ1n) is 5.77. The Balaban J connectivity index is 2.26. The van der Waals surface area contributed by atoms with Crippen LogP contribution in [0.5, 0.6) is 0 Å². The molecular formula is C14H14O4. The van der Waals surface area contributed by atoms with Gasteiger partial charge in [0.2, 0.25) is 0 Å². The molecule has 1 aromatic carbocycles. The van der Waals surface area contributed by atoms with Crippen molar-refractivity contribution < 1.29 is 19.8 Å². The van der Waals surface area contributed by atoms with Gasteiger partial charge < -0.3 is 10.2 Å². The highest BCUT2D eigenvalue weighted by Gasteiger charge is 2.33. The average Bonchev–Trinajstić information content (AvgIpc) is 2.38. The van der Waals surface area contributed by atoms with Gasteiger partial charge in [-0.15, -0.1) is 0 Å². The van der Waals surface area contributed by atoms with Crippen LogP contribution in [0.4, 0.5) is 0 Å². The fourth-order valence-electron chi connectivity index (χ4n) is 2.24. The Morgan fingerprint density at radius 2 is 1.67 bits per heavy atom. The molecule has 0 saturated heterocycles. The van der Waals surface area contributed by atoms with E-state index in [1.807, 2.05) is 30.3 Å². The first-order valence-corrected chi connectivity index (χ1v) is 5.77. The normalized spacial score (nSPS) is 20.1. The maximum absolute atomic E-state index is 11.8. The standard InChI is InChI=1S/C14H14O4/c15-8-13(18)14-11(16)6-10(7-12(14)17)9-4-2-1-3-5-9/h1-5,10,15,18H,6-8H2. The van der Waals surface area contributed by atoms with Gasteiger partial charge in [0.25, 0.3) is 0 Å². The molecule has 1 aliphatic rings. The van der Waals surface area contributed by atoms with Crippen molar-refractivity contribution in [3.63, 3.8) is 0 Å². The molecule has 18 heavy (non-hydrogen) atoms. The highest BCUT2D eigenvalue weighted by molar-refractivity contribution is 6.22. The van der Waals surface area contributed by atoms with Crippen molar-refractivity contribution in [1.29, 1.82) is 0 Å². The molecule has 1 aliphatic carbocycles. The molecule has 0 amide bonds. The molecule has 0 radical (unpaired) electrons. The van der Waals surface area contributed by atoms with Gasteiger partial charge in [-0.1, -0.05) is 30.3 Å². The third kappa shape index (κ3) is 2.33. The molecule has 0 aliphatic heterocycles. The molecule has 2 N–H and O–H groups in total. The van der Waals surface area contributed by atoms with Crippen LogP contribution in [0, 0.1) is 0 Å². The Morgan fingerprint density at radius 1 is 1.11 bits per heavy atom. The van der Waals surface area contributed by atoms with E-state index in [1.165, 1.54) is 0 Å². The Hall–Kier alpha value is -1.94. The smallest absolute Gasteiger partial charge is 0.170 e. The molecule has 0 spiro atoms. The largest absolute Gasteiger partial charge is 0.509 e. The predicted molar refractivity (Wildman–Crippen MR) is 65.2 cm³/mol. The Morgan fingerprint density at radius 3 is 2.17 bits per heavy atom. The fraction of sp³-hybridized carbons (Fsp3) is 0.286. The number of allylic oxidation sites excluding steroid dienone is 1. The van der Waals surface area contributed by atoms with Crippen LogP contribution in [-0.2, 0) is 9.59 Å². The van der Waals surface area contributed by atoms with Crippen molar-refractivity contribution in [3.05, 3.63) is 47.2 Å². The van der Waals surface area contributed by atoms with Gasteiger partial charge in [-0.05, 0) is 11.5 Å². The van der Waals surface area contributed by atoms with Crippen molar-refractivity contribution in [2.24, 2.45) is 0 Å². The number of carbonyl (C=O) groups excluding carboxylic acids is 2. The first-order chi connectivity index (χ1) is 8.63. The molecule has 1 aromatic rings. The molecule has 4 nitrogen and oxygen atoms in total. The SMILES string of the molecule is O=C1CC(c2ccccc2)CC(=O)C1=C(O)CO. The number of hydrogen-bond acceptors (Lipinski definition) is 4. The maximum atomic E-state index is 11.8. The van der Waals surface area contributed by atoms with Crippen LogP contribution in [0.2, 0.25) is 0 Å². The lowest BCUT2D eigenvalue weighted by Crippen LogP contribution is -2.26. The summed E-state index contributed by atoms with van der Waals surface area (Å²) in [5.41, 5.74) is 0.714. The predicted octanol–water partition coefficient (Wildman–Crippen LogP) is 1.51. The van der Waals surface area contributed by atoms with E-state index in [1.54, 1.807) is 0 Å². The summed E-state index contributed by atoms with van der Waals surface area (Å²) in [5, 5.41) is 18.2. The van der Waals surface area contributed by atoms with Crippen molar-refractivity contribution in [1.82, 2.24) is 0 Å². The highest BCUT2D eigenvalue weighted by atomic mass is 16.3. The molecule has 0 atom stereocenters. The van der Waals surface area contributed by atoms with E-state index in [0.29, 0.717) is 0 Å². The number of hydrogen-bond donors (Lipinski definition) is 2. The molecule has 4 heteroatoms. The van der Waals surface area contributed by atoms with E-state index in [2.05, 4.69) is 0 Å². The zero-order valence-electron chi connectivity index (χ0n) is 9.80. The second-order valence-electron chi connectivity index (χ2n) is 4.34. The van der Waals surface area contributed by atoms with Crippen LogP contribution < -0.4 is 0 Å². The molecule has 0 heterocycles. The quantitative estimate of drug-likeness (QED) is 0.471. The van der Waals surface area contributed by atoms with Crippen molar-refractivity contribution in [2.75, 3.05) is 6.61 Å². The maximum Gasteiger partial charge on any atom is 0.170 e. The van der Waals surface area contributed by atoms with Gasteiger partial charge in [0.15, 0.2) is 11.6 Å². The summed E-state index contributed by atoms with van der Waals surface area (Å²) < 4.78 is 0. The zero-order chi connectivity index (χ0) is 13.1. The Labute approximate surface area is 105 Å². The monoisotopic (exact) mass is 246 g/mol. The van der Waals surface area contributed by atoms with E-state index in [9.17, 15) is 14.7 Å². The summed E-state index contributed by atoms with van der Waals surface area (Å²) in [6.07, 6.45) is 0.379. The second kappa shape index (κ2) is 5.14. The van der Waals surface area contributed by atoms with E-state index in [0.717, 1.165) is 5.56 Å². The van der Waals surface area contributed by atoms with Crippen LogP contribution in [-0.4, -0.2) is 28.4 Å². The minimum absolute atomic E-state index is 0.138. The number of rotatable bonds is 2. The van der Waals surface area contributed by atoms with Gasteiger partial charge in [-0.2, -0.15) is 0 Å². The van der Waals surface area contributed by atoms with Gasteiger partial charge in [0.1, 0.15) is 17.9 Å². The number of ketones is 2. The van der Waals surface area contributed by atoms with Gasteiger partial charge in [0, 0.05) is 12.8 Å². The van der Waals surface area contributed by atoms with Gasteiger partial charge >= 0.3 is 0 Å². The lowest BCUT2D eigenvalue weighted by molar-refractivity contribution is -0.124. The van der Waals surface area contributed by atoms with Crippen LogP contribution in [0.25, 0.3) is 0 Å². The Bertz CT molecular complexity index is 482. The molecule has 94 valence electrons. The van der Waals surface area contributed by atoms with Crippen LogP contribution in [0.1, 0.15) is 24.3 Å². The van der Waals surface area contributed by atoms with Crippen molar-refractivity contribution in [2.45, 2.75) is 18.8 Å². The van der Waals surface area contributed by atoms with Crippen molar-refractivity contribution >= 4 is 11.6 Å². The summed E-state index contributed by atoms with van der Waals surface area (Å²) in [4.78, 5) is 23.7. The van der Waals surface area contributed by atoms with Crippen molar-refractivity contribution in [3.8, 4) is 0 Å². The van der Waals surface area contributed by atoms with Gasteiger partial charge in [-0.25, -0.2) is 0 Å². The summed E-state index contributed by atoms with van der Waals surface area (Å²) in [6.45, 7) is -0.678. The van der Waals surface area contributed by atoms with E-state index in [4.69, 9.17) is 5.11 Å². The number of carbonyl (C=O) groups is 2. The number of benzene rings is 1. The minimum Gasteiger partial charge on any atom is -0.509 e.